The Morgan fingerprint density at radius 2 is 2.21 bits per heavy atom. The summed E-state index contributed by atoms with van der Waals surface area (Å²) < 4.78 is 0. The van der Waals surface area contributed by atoms with E-state index in [4.69, 9.17) is 0 Å². The van der Waals surface area contributed by atoms with Crippen LogP contribution in [0.5, 0.6) is 0 Å². The molecule has 0 atom stereocenters. The lowest BCUT2D eigenvalue weighted by atomic mass is 10.0. The maximum Gasteiger partial charge on any atom is 0.252 e. The van der Waals surface area contributed by atoms with Gasteiger partial charge in [0.1, 0.15) is 0 Å². The standard InChI is InChI=1S/C17H21N5O2/c1-12-9-15(23)21-17(19-12)22-7-4-14(5-8-22)20-16(24)10-13-3-2-6-18-11-13/h2-3,6,9,11,14H,4-5,7-8,10H2,1H3,(H,20,24)(H,19,21,23). The van der Waals surface area contributed by atoms with Crippen LogP contribution in [0.2, 0.25) is 0 Å². The second-order valence-electron chi connectivity index (χ2n) is 6.08. The minimum atomic E-state index is -0.135. The van der Waals surface area contributed by atoms with E-state index in [1.165, 1.54) is 6.07 Å². The Hall–Kier alpha value is -2.70. The van der Waals surface area contributed by atoms with Gasteiger partial charge in [-0.05, 0) is 31.4 Å². The van der Waals surface area contributed by atoms with Crippen molar-refractivity contribution in [1.82, 2.24) is 20.3 Å². The maximum absolute atomic E-state index is 12.1. The van der Waals surface area contributed by atoms with Crippen LogP contribution >= 0.6 is 0 Å². The summed E-state index contributed by atoms with van der Waals surface area (Å²) in [7, 11) is 0. The van der Waals surface area contributed by atoms with Crippen LogP contribution in [0.4, 0.5) is 5.95 Å². The van der Waals surface area contributed by atoms with Crippen LogP contribution in [0, 0.1) is 6.92 Å². The number of rotatable bonds is 4. The highest BCUT2D eigenvalue weighted by atomic mass is 16.1. The monoisotopic (exact) mass is 327 g/mol. The molecule has 0 bridgehead atoms. The van der Waals surface area contributed by atoms with Gasteiger partial charge in [0, 0.05) is 43.3 Å². The predicted molar refractivity (Wildman–Crippen MR) is 90.9 cm³/mol. The van der Waals surface area contributed by atoms with Crippen molar-refractivity contribution in [1.29, 1.82) is 0 Å². The molecular weight excluding hydrogens is 306 g/mol. The second kappa shape index (κ2) is 7.25. The highest BCUT2D eigenvalue weighted by molar-refractivity contribution is 5.78. The quantitative estimate of drug-likeness (QED) is 0.867. The van der Waals surface area contributed by atoms with E-state index < -0.39 is 0 Å². The van der Waals surface area contributed by atoms with Crippen LogP contribution in [-0.4, -0.2) is 40.0 Å². The Labute approximate surface area is 140 Å². The number of aromatic nitrogens is 3. The number of aryl methyl sites for hydroxylation is 1. The minimum Gasteiger partial charge on any atom is -0.353 e. The average Bonchev–Trinajstić information content (AvgIpc) is 2.55. The predicted octanol–water partition coefficient (Wildman–Crippen LogP) is 0.801. The molecule has 0 aliphatic carbocycles. The van der Waals surface area contributed by atoms with Gasteiger partial charge in [-0.25, -0.2) is 4.98 Å². The fraction of sp³-hybridized carbons (Fsp3) is 0.412. The maximum atomic E-state index is 12.1. The number of piperidine rings is 1. The molecule has 7 heteroatoms. The summed E-state index contributed by atoms with van der Waals surface area (Å²) in [6.45, 7) is 3.32. The number of anilines is 1. The van der Waals surface area contributed by atoms with Crippen molar-refractivity contribution >= 4 is 11.9 Å². The van der Waals surface area contributed by atoms with Crippen molar-refractivity contribution < 1.29 is 4.79 Å². The zero-order valence-corrected chi connectivity index (χ0v) is 13.7. The van der Waals surface area contributed by atoms with Gasteiger partial charge in [0.2, 0.25) is 11.9 Å². The average molecular weight is 327 g/mol. The molecule has 1 aliphatic heterocycles. The number of pyridine rings is 1. The number of carbonyl (C=O) groups excluding carboxylic acids is 1. The van der Waals surface area contributed by atoms with Gasteiger partial charge in [-0.15, -0.1) is 0 Å². The van der Waals surface area contributed by atoms with E-state index in [9.17, 15) is 9.59 Å². The molecule has 0 saturated carbocycles. The van der Waals surface area contributed by atoms with Crippen molar-refractivity contribution in [2.24, 2.45) is 0 Å². The number of hydrogen-bond donors (Lipinski definition) is 2. The molecule has 1 saturated heterocycles. The molecule has 0 spiro atoms. The van der Waals surface area contributed by atoms with Gasteiger partial charge < -0.3 is 10.2 Å². The summed E-state index contributed by atoms with van der Waals surface area (Å²) in [6, 6.07) is 5.36. The molecule has 24 heavy (non-hydrogen) atoms. The van der Waals surface area contributed by atoms with Crippen LogP contribution in [0.15, 0.2) is 35.4 Å². The molecule has 1 fully saturated rings. The number of amides is 1. The number of nitrogens with zero attached hydrogens (tertiary/aromatic N) is 3. The van der Waals surface area contributed by atoms with Crippen LogP contribution in [0.1, 0.15) is 24.1 Å². The SMILES string of the molecule is Cc1cc(=O)[nH]c(N2CCC(NC(=O)Cc3cccnc3)CC2)n1. The molecular formula is C17H21N5O2. The smallest absolute Gasteiger partial charge is 0.252 e. The number of carbonyl (C=O) groups is 1. The largest absolute Gasteiger partial charge is 0.353 e. The summed E-state index contributed by atoms with van der Waals surface area (Å²) in [6.07, 6.45) is 5.41. The Bertz CT molecular complexity index is 751. The zero-order chi connectivity index (χ0) is 16.9. The summed E-state index contributed by atoms with van der Waals surface area (Å²) >= 11 is 0. The number of nitrogens with one attached hydrogen (secondary N) is 2. The van der Waals surface area contributed by atoms with E-state index >= 15 is 0 Å². The molecule has 0 aromatic carbocycles. The Kier molecular flexibility index (Phi) is 4.88. The molecule has 3 heterocycles. The fourth-order valence-corrected chi connectivity index (χ4v) is 2.92. The zero-order valence-electron chi connectivity index (χ0n) is 13.7. The number of hydrogen-bond acceptors (Lipinski definition) is 5. The first-order valence-electron chi connectivity index (χ1n) is 8.11. The van der Waals surface area contributed by atoms with Gasteiger partial charge >= 0.3 is 0 Å². The second-order valence-corrected chi connectivity index (χ2v) is 6.08. The highest BCUT2D eigenvalue weighted by Gasteiger charge is 2.22. The van der Waals surface area contributed by atoms with E-state index in [1.54, 1.807) is 12.4 Å². The van der Waals surface area contributed by atoms with Crippen molar-refractivity contribution in [3.8, 4) is 0 Å². The highest BCUT2D eigenvalue weighted by Crippen LogP contribution is 2.15. The first-order valence-corrected chi connectivity index (χ1v) is 8.11. The van der Waals surface area contributed by atoms with E-state index in [-0.39, 0.29) is 17.5 Å². The lowest BCUT2D eigenvalue weighted by Crippen LogP contribution is -2.45. The molecule has 1 amide bonds. The third kappa shape index (κ3) is 4.18. The molecule has 2 aromatic rings. The summed E-state index contributed by atoms with van der Waals surface area (Å²) in [4.78, 5) is 36.9. The molecule has 2 N–H and O–H groups in total. The van der Waals surface area contributed by atoms with Gasteiger partial charge in [0.15, 0.2) is 0 Å². The summed E-state index contributed by atoms with van der Waals surface area (Å²) in [5, 5.41) is 3.08. The van der Waals surface area contributed by atoms with Crippen molar-refractivity contribution in [2.75, 3.05) is 18.0 Å². The van der Waals surface area contributed by atoms with Gasteiger partial charge in [-0.2, -0.15) is 0 Å². The number of aromatic amines is 1. The van der Waals surface area contributed by atoms with Crippen LogP contribution in [0.3, 0.4) is 0 Å². The van der Waals surface area contributed by atoms with Crippen molar-refractivity contribution in [2.45, 2.75) is 32.2 Å². The topological polar surface area (TPSA) is 91.0 Å². The first-order chi connectivity index (χ1) is 11.6. The van der Waals surface area contributed by atoms with E-state index in [0.717, 1.165) is 31.5 Å². The van der Waals surface area contributed by atoms with Crippen molar-refractivity contribution in [3.05, 3.63) is 52.2 Å². The van der Waals surface area contributed by atoms with Crippen LogP contribution in [-0.2, 0) is 11.2 Å². The molecule has 3 rings (SSSR count). The van der Waals surface area contributed by atoms with E-state index in [0.29, 0.717) is 18.1 Å². The number of H-pyrrole nitrogens is 1. The first kappa shape index (κ1) is 16.2. The Balaban J connectivity index is 1.51. The van der Waals surface area contributed by atoms with Crippen LogP contribution in [0.25, 0.3) is 0 Å². The third-order valence-electron chi connectivity index (χ3n) is 4.10. The molecule has 126 valence electrons. The van der Waals surface area contributed by atoms with Crippen molar-refractivity contribution in [3.63, 3.8) is 0 Å². The summed E-state index contributed by atoms with van der Waals surface area (Å²) in [5.41, 5.74) is 1.49. The van der Waals surface area contributed by atoms with E-state index in [2.05, 4.69) is 25.2 Å². The Morgan fingerprint density at radius 3 is 2.88 bits per heavy atom. The molecule has 0 unspecified atom stereocenters. The third-order valence-corrected chi connectivity index (χ3v) is 4.10. The normalized spacial score (nSPS) is 15.3. The lowest BCUT2D eigenvalue weighted by Gasteiger charge is -2.32. The lowest BCUT2D eigenvalue weighted by molar-refractivity contribution is -0.121. The van der Waals surface area contributed by atoms with Gasteiger partial charge in [0.25, 0.3) is 5.56 Å². The summed E-state index contributed by atoms with van der Waals surface area (Å²) in [5.74, 6) is 0.628. The Morgan fingerprint density at radius 1 is 1.42 bits per heavy atom. The molecule has 2 aromatic heterocycles. The minimum absolute atomic E-state index is 0.0172. The van der Waals surface area contributed by atoms with Gasteiger partial charge in [-0.3, -0.25) is 19.6 Å². The molecule has 7 nitrogen and oxygen atoms in total. The molecule has 0 radical (unpaired) electrons. The fourth-order valence-electron chi connectivity index (χ4n) is 2.92. The van der Waals surface area contributed by atoms with Gasteiger partial charge in [0.05, 0.1) is 6.42 Å². The van der Waals surface area contributed by atoms with E-state index in [1.807, 2.05) is 19.1 Å². The van der Waals surface area contributed by atoms with Gasteiger partial charge in [-0.1, -0.05) is 6.07 Å². The van der Waals surface area contributed by atoms with Crippen LogP contribution < -0.4 is 15.8 Å². The molecule has 1 aliphatic rings.